The zero-order valence-corrected chi connectivity index (χ0v) is 19.9. The Labute approximate surface area is 200 Å². The standard InChI is InChI=1S/C27H32FN3O3/c1-3-31(2)12-6-9-19-14-20(13-18-7-4-5-8-18)24(32)16-22(19)30-27(33)26-17-29-23-15-21(28)10-11-25(23)34-26/h3,14-16,18,26,29H,4-5,7-8,10-13,17H2,1-2H3,(H-,30,32,33)/p+1. The minimum atomic E-state index is -0.754. The molecule has 1 fully saturated rings. The molecule has 1 atom stereocenters. The van der Waals surface area contributed by atoms with Gasteiger partial charge in [0.25, 0.3) is 5.91 Å². The maximum absolute atomic E-state index is 13.5. The first-order chi connectivity index (χ1) is 16.4. The van der Waals surface area contributed by atoms with Crippen molar-refractivity contribution in [1.29, 1.82) is 0 Å². The van der Waals surface area contributed by atoms with Gasteiger partial charge in [-0.25, -0.2) is 8.97 Å². The van der Waals surface area contributed by atoms with Gasteiger partial charge < -0.3 is 20.5 Å². The summed E-state index contributed by atoms with van der Waals surface area (Å²) >= 11 is 0. The van der Waals surface area contributed by atoms with Crippen molar-refractivity contribution < 1.29 is 23.6 Å². The van der Waals surface area contributed by atoms with E-state index in [1.807, 2.05) is 30.8 Å². The van der Waals surface area contributed by atoms with Crippen molar-refractivity contribution in [2.75, 3.05) is 25.5 Å². The van der Waals surface area contributed by atoms with Crippen LogP contribution in [0.15, 0.2) is 35.5 Å². The summed E-state index contributed by atoms with van der Waals surface area (Å²) in [5.74, 6) is 7.14. The first-order valence-corrected chi connectivity index (χ1v) is 12.1. The fraction of sp³-hybridized carbons (Fsp3) is 0.481. The van der Waals surface area contributed by atoms with Crippen LogP contribution in [0.3, 0.4) is 0 Å². The van der Waals surface area contributed by atoms with Gasteiger partial charge in [0.1, 0.15) is 30.6 Å². The van der Waals surface area contributed by atoms with Gasteiger partial charge in [-0.2, -0.15) is 0 Å². The largest absolute Gasteiger partial charge is 0.508 e. The van der Waals surface area contributed by atoms with E-state index in [4.69, 9.17) is 4.74 Å². The summed E-state index contributed by atoms with van der Waals surface area (Å²) < 4.78 is 21.4. The Morgan fingerprint density at radius 1 is 1.35 bits per heavy atom. The molecule has 0 spiro atoms. The maximum atomic E-state index is 13.5. The SMILES string of the molecule is CC=[N+](C)CC#Cc1cc(CC2CCCC2)c(O)cc1NC(=O)C1CNC2=C(CCC(F)=C2)O1. The number of carbonyl (C=O) groups excluding carboxylic acids is 1. The number of benzene rings is 1. The monoisotopic (exact) mass is 466 g/mol. The Morgan fingerprint density at radius 3 is 2.91 bits per heavy atom. The lowest BCUT2D eigenvalue weighted by Gasteiger charge is -2.30. The number of phenolic OH excluding ortho intramolecular Hbond substituents is 1. The highest BCUT2D eigenvalue weighted by molar-refractivity contribution is 5.96. The van der Waals surface area contributed by atoms with E-state index in [1.165, 1.54) is 31.8 Å². The lowest BCUT2D eigenvalue weighted by molar-refractivity contribution is -0.479. The predicted octanol–water partition coefficient (Wildman–Crippen LogP) is 4.00. The van der Waals surface area contributed by atoms with Crippen LogP contribution in [0.2, 0.25) is 0 Å². The molecular formula is C27H33FN3O3+. The van der Waals surface area contributed by atoms with Crippen LogP contribution < -0.4 is 10.6 Å². The number of ether oxygens (including phenoxy) is 1. The fourth-order valence-electron chi connectivity index (χ4n) is 4.60. The van der Waals surface area contributed by atoms with Crippen LogP contribution >= 0.6 is 0 Å². The van der Waals surface area contributed by atoms with Crippen LogP contribution in [0.4, 0.5) is 10.1 Å². The molecule has 3 N–H and O–H groups in total. The summed E-state index contributed by atoms with van der Waals surface area (Å²) in [6, 6.07) is 3.50. The van der Waals surface area contributed by atoms with Crippen molar-refractivity contribution in [1.82, 2.24) is 5.32 Å². The van der Waals surface area contributed by atoms with E-state index in [0.717, 1.165) is 12.0 Å². The quantitative estimate of drug-likeness (QED) is 0.349. The van der Waals surface area contributed by atoms with Crippen LogP contribution in [0.1, 0.15) is 56.6 Å². The third kappa shape index (κ3) is 5.80. The topological polar surface area (TPSA) is 73.6 Å². The highest BCUT2D eigenvalue weighted by Crippen LogP contribution is 2.34. The van der Waals surface area contributed by atoms with Crippen LogP contribution in [-0.2, 0) is 16.0 Å². The molecule has 4 rings (SSSR count). The van der Waals surface area contributed by atoms with E-state index in [1.54, 1.807) is 6.07 Å². The number of nitrogens with zero attached hydrogens (tertiary/aromatic N) is 1. The van der Waals surface area contributed by atoms with Gasteiger partial charge in [-0.1, -0.05) is 31.6 Å². The van der Waals surface area contributed by atoms with Crippen molar-refractivity contribution in [2.45, 2.75) is 58.0 Å². The van der Waals surface area contributed by atoms with Crippen molar-refractivity contribution in [2.24, 2.45) is 5.92 Å². The van der Waals surface area contributed by atoms with Crippen LogP contribution in [0.25, 0.3) is 0 Å². The zero-order chi connectivity index (χ0) is 24.1. The van der Waals surface area contributed by atoms with E-state index in [2.05, 4.69) is 22.5 Å². The van der Waals surface area contributed by atoms with Crippen LogP contribution in [0, 0.1) is 17.8 Å². The summed E-state index contributed by atoms with van der Waals surface area (Å²) in [6.07, 6.45) is 8.96. The molecule has 1 aromatic rings. The van der Waals surface area contributed by atoms with Gasteiger partial charge in [-0.3, -0.25) is 4.79 Å². The van der Waals surface area contributed by atoms with Crippen molar-refractivity contribution in [3.63, 3.8) is 0 Å². The highest BCUT2D eigenvalue weighted by atomic mass is 19.1. The Balaban J connectivity index is 1.54. The molecule has 1 aliphatic heterocycles. The van der Waals surface area contributed by atoms with Crippen molar-refractivity contribution in [3.8, 4) is 17.6 Å². The third-order valence-corrected chi connectivity index (χ3v) is 6.70. The first kappa shape index (κ1) is 23.9. The molecule has 1 saturated carbocycles. The van der Waals surface area contributed by atoms with E-state index in [-0.39, 0.29) is 30.4 Å². The molecule has 1 amide bonds. The minimum absolute atomic E-state index is 0.173. The highest BCUT2D eigenvalue weighted by Gasteiger charge is 2.29. The number of nitrogens with one attached hydrogen (secondary N) is 2. The molecule has 180 valence electrons. The first-order valence-electron chi connectivity index (χ1n) is 12.1. The number of aromatic hydroxyl groups is 1. The third-order valence-electron chi connectivity index (χ3n) is 6.70. The summed E-state index contributed by atoms with van der Waals surface area (Å²) in [7, 11) is 1.95. The Hall–Kier alpha value is -3.27. The average Bonchev–Trinajstić information content (AvgIpc) is 3.34. The molecule has 1 aromatic carbocycles. The summed E-state index contributed by atoms with van der Waals surface area (Å²) in [6.45, 7) is 2.74. The van der Waals surface area contributed by atoms with Crippen molar-refractivity contribution in [3.05, 3.63) is 46.6 Å². The summed E-state index contributed by atoms with van der Waals surface area (Å²) in [5.41, 5.74) is 2.61. The smallest absolute Gasteiger partial charge is 0.267 e. The average molecular weight is 467 g/mol. The maximum Gasteiger partial charge on any atom is 0.267 e. The molecule has 0 saturated heterocycles. The molecule has 1 unspecified atom stereocenters. The van der Waals surface area contributed by atoms with Crippen LogP contribution in [-0.4, -0.2) is 48.0 Å². The molecule has 0 aromatic heterocycles. The summed E-state index contributed by atoms with van der Waals surface area (Å²) in [5, 5.41) is 16.7. The number of carbonyl (C=O) groups is 1. The second kappa shape index (κ2) is 10.8. The number of hydrogen-bond acceptors (Lipinski definition) is 4. The number of amides is 1. The second-order valence-corrected chi connectivity index (χ2v) is 9.26. The van der Waals surface area contributed by atoms with Gasteiger partial charge in [0.2, 0.25) is 6.54 Å². The van der Waals surface area contributed by atoms with Crippen LogP contribution in [0.5, 0.6) is 5.75 Å². The Morgan fingerprint density at radius 2 is 2.15 bits per heavy atom. The Bertz CT molecular complexity index is 1100. The van der Waals surface area contributed by atoms with Gasteiger partial charge in [-0.15, -0.1) is 0 Å². The van der Waals surface area contributed by atoms with Gasteiger partial charge in [0.15, 0.2) is 6.10 Å². The summed E-state index contributed by atoms with van der Waals surface area (Å²) in [4.78, 5) is 13.0. The van der Waals surface area contributed by atoms with E-state index >= 15 is 0 Å². The molecule has 1 heterocycles. The van der Waals surface area contributed by atoms with Gasteiger partial charge in [0, 0.05) is 31.4 Å². The molecule has 2 aliphatic carbocycles. The number of halogens is 1. The Kier molecular flexibility index (Phi) is 7.56. The van der Waals surface area contributed by atoms with Crippen molar-refractivity contribution >= 4 is 17.8 Å². The molecule has 0 bridgehead atoms. The molecule has 0 radical (unpaired) electrons. The fourth-order valence-corrected chi connectivity index (χ4v) is 4.60. The molecule has 3 aliphatic rings. The molecular weight excluding hydrogens is 433 g/mol. The lowest BCUT2D eigenvalue weighted by atomic mass is 9.95. The van der Waals surface area contributed by atoms with Gasteiger partial charge >= 0.3 is 0 Å². The lowest BCUT2D eigenvalue weighted by Crippen LogP contribution is -2.43. The number of allylic oxidation sites excluding steroid dienone is 3. The molecule has 6 nitrogen and oxygen atoms in total. The normalized spacial score (nSPS) is 20.5. The second-order valence-electron chi connectivity index (χ2n) is 9.26. The van der Waals surface area contributed by atoms with E-state index in [0.29, 0.717) is 41.6 Å². The number of hydrogen-bond donors (Lipinski definition) is 3. The minimum Gasteiger partial charge on any atom is -0.508 e. The number of rotatable bonds is 5. The number of anilines is 1. The molecule has 34 heavy (non-hydrogen) atoms. The van der Waals surface area contributed by atoms with Gasteiger partial charge in [0.05, 0.1) is 17.9 Å². The number of phenols is 1. The molecule has 7 heteroatoms. The van der Waals surface area contributed by atoms with E-state index in [9.17, 15) is 14.3 Å². The van der Waals surface area contributed by atoms with E-state index < -0.39 is 6.10 Å². The zero-order valence-electron chi connectivity index (χ0n) is 19.9. The predicted molar refractivity (Wildman–Crippen MR) is 130 cm³/mol. The van der Waals surface area contributed by atoms with Gasteiger partial charge in [-0.05, 0) is 36.0 Å².